The highest BCUT2D eigenvalue weighted by atomic mass is 35.5. The van der Waals surface area contributed by atoms with Crippen molar-refractivity contribution < 1.29 is 5.11 Å². The van der Waals surface area contributed by atoms with Crippen molar-refractivity contribution >= 4 is 93.8 Å². The Morgan fingerprint density at radius 2 is 1.07 bits per heavy atom. The molecular weight excluding hydrogens is 536 g/mol. The minimum atomic E-state index is -0.437. The molecule has 9 heteroatoms. The van der Waals surface area contributed by atoms with E-state index in [1.54, 1.807) is 12.1 Å². The van der Waals surface area contributed by atoms with Crippen molar-refractivity contribution in [3.05, 3.63) is 64.7 Å². The number of hydrogen-bond donors (Lipinski definition) is 2. The number of rotatable bonds is 3. The molecule has 1 aliphatic rings. The van der Waals surface area contributed by atoms with E-state index in [4.69, 9.17) is 81.2 Å². The maximum Gasteiger partial charge on any atom is 0.115 e. The van der Waals surface area contributed by atoms with Gasteiger partial charge in [-0.1, -0.05) is 35.9 Å². The summed E-state index contributed by atoms with van der Waals surface area (Å²) in [6, 6.07) is 14.9. The van der Waals surface area contributed by atoms with Crippen LogP contribution in [-0.4, -0.2) is 37.4 Å². The van der Waals surface area contributed by atoms with E-state index in [0.29, 0.717) is 0 Å². The fraction of sp³-hybridized carbons (Fsp3) is 0.400. The van der Waals surface area contributed by atoms with Crippen LogP contribution in [0.5, 0.6) is 5.75 Å². The summed E-state index contributed by atoms with van der Waals surface area (Å²) in [7, 11) is 0. The Balaban J connectivity index is 0.000000221. The van der Waals surface area contributed by atoms with E-state index in [0.717, 1.165) is 17.0 Å². The Hall–Kier alpha value is 0.620. The molecular formula is C20H19Cl7OS. The number of phenols is 1. The normalized spacial score (nSPS) is 30.2. The molecule has 2 aromatic rings. The van der Waals surface area contributed by atoms with Crippen LogP contribution < -0.4 is 0 Å². The summed E-state index contributed by atoms with van der Waals surface area (Å²) in [5, 5.41) is 7.47. The van der Waals surface area contributed by atoms with Gasteiger partial charge in [-0.2, -0.15) is 12.6 Å². The first-order valence-electron chi connectivity index (χ1n) is 8.67. The van der Waals surface area contributed by atoms with Crippen molar-refractivity contribution in [1.29, 1.82) is 0 Å². The molecule has 1 atom stereocenters. The molecule has 0 bridgehead atoms. The molecule has 160 valence electrons. The van der Waals surface area contributed by atoms with Gasteiger partial charge in [0.1, 0.15) is 5.75 Å². The summed E-state index contributed by atoms with van der Waals surface area (Å²) in [6.07, 6.45) is 0.838. The highest BCUT2D eigenvalue weighted by Crippen LogP contribution is 2.39. The summed E-state index contributed by atoms with van der Waals surface area (Å²) in [6.45, 7) is 0. The molecule has 0 aromatic heterocycles. The summed E-state index contributed by atoms with van der Waals surface area (Å²) < 4.78 is 0. The van der Waals surface area contributed by atoms with Gasteiger partial charge in [0.25, 0.3) is 0 Å². The fourth-order valence-corrected chi connectivity index (χ4v) is 5.55. The number of alkyl halides is 6. The van der Waals surface area contributed by atoms with Gasteiger partial charge in [-0.15, -0.1) is 69.6 Å². The lowest BCUT2D eigenvalue weighted by atomic mass is 9.97. The molecule has 0 aliphatic heterocycles. The number of hydrogen-bond acceptors (Lipinski definition) is 2. The Bertz CT molecular complexity index is 700. The lowest BCUT2D eigenvalue weighted by Gasteiger charge is -2.37. The summed E-state index contributed by atoms with van der Waals surface area (Å²) >= 11 is 45.7. The second kappa shape index (κ2) is 12.0. The van der Waals surface area contributed by atoms with Crippen LogP contribution in [0.25, 0.3) is 0 Å². The quantitative estimate of drug-likeness (QED) is 0.291. The third-order valence-electron chi connectivity index (χ3n) is 4.45. The van der Waals surface area contributed by atoms with Gasteiger partial charge in [0, 0.05) is 10.3 Å². The van der Waals surface area contributed by atoms with Crippen LogP contribution >= 0.6 is 93.8 Å². The molecule has 1 unspecified atom stereocenters. The van der Waals surface area contributed by atoms with Gasteiger partial charge in [-0.05, 0) is 41.8 Å². The van der Waals surface area contributed by atoms with E-state index in [1.165, 1.54) is 5.56 Å². The van der Waals surface area contributed by atoms with Crippen LogP contribution in [0, 0.1) is 0 Å². The summed E-state index contributed by atoms with van der Waals surface area (Å²) in [5.74, 6) is 0.278. The minimum Gasteiger partial charge on any atom is -0.508 e. The molecule has 1 saturated carbocycles. The molecule has 1 nitrogen and oxygen atoms in total. The number of halogens is 7. The van der Waals surface area contributed by atoms with Gasteiger partial charge in [0.15, 0.2) is 0 Å². The van der Waals surface area contributed by atoms with Gasteiger partial charge in [-0.3, -0.25) is 0 Å². The van der Waals surface area contributed by atoms with Crippen LogP contribution in [0.2, 0.25) is 5.02 Å². The zero-order chi connectivity index (χ0) is 21.7. The number of thiol groups is 1. The second-order valence-electron chi connectivity index (χ2n) is 6.60. The Kier molecular flexibility index (Phi) is 10.7. The molecule has 3 rings (SSSR count). The van der Waals surface area contributed by atoms with Crippen molar-refractivity contribution in [3.63, 3.8) is 0 Å². The zero-order valence-electron chi connectivity index (χ0n) is 14.9. The fourth-order valence-electron chi connectivity index (χ4n) is 2.71. The maximum absolute atomic E-state index is 9.22. The van der Waals surface area contributed by atoms with Crippen LogP contribution in [0.3, 0.4) is 0 Å². The standard InChI is InChI=1S/C14H13ClOS.C6H6Cl6/c15-12-5-1-10(2-6-12)9-14(17)11-3-7-13(16)8-4-11;7-1-2(8)4(10)6(12)5(11)3(1)9/h1-8,14,16-17H,9H2;1-6H/t;1-,2-,3-,4+,5+,6+. The second-order valence-corrected chi connectivity index (χ2v) is 10.7. The molecule has 1 fully saturated rings. The molecule has 0 heterocycles. The topological polar surface area (TPSA) is 20.2 Å². The molecule has 0 amide bonds. The van der Waals surface area contributed by atoms with Crippen LogP contribution in [-0.2, 0) is 6.42 Å². The monoisotopic (exact) mass is 552 g/mol. The Morgan fingerprint density at radius 3 is 1.45 bits per heavy atom. The summed E-state index contributed by atoms with van der Waals surface area (Å²) in [5.41, 5.74) is 2.29. The van der Waals surface area contributed by atoms with E-state index in [2.05, 4.69) is 12.6 Å². The van der Waals surface area contributed by atoms with Crippen LogP contribution in [0.1, 0.15) is 16.4 Å². The largest absolute Gasteiger partial charge is 0.508 e. The van der Waals surface area contributed by atoms with Crippen molar-refractivity contribution in [3.8, 4) is 5.75 Å². The first-order chi connectivity index (χ1) is 13.6. The Labute approximate surface area is 211 Å². The van der Waals surface area contributed by atoms with Gasteiger partial charge in [0.05, 0.1) is 32.3 Å². The van der Waals surface area contributed by atoms with Crippen molar-refractivity contribution in [2.24, 2.45) is 0 Å². The van der Waals surface area contributed by atoms with Crippen LogP contribution in [0.15, 0.2) is 48.5 Å². The summed E-state index contributed by atoms with van der Waals surface area (Å²) in [4.78, 5) is 0. The van der Waals surface area contributed by atoms with Crippen molar-refractivity contribution in [2.75, 3.05) is 0 Å². The molecule has 0 saturated heterocycles. The third kappa shape index (κ3) is 7.32. The van der Waals surface area contributed by atoms with Gasteiger partial charge in [0.2, 0.25) is 0 Å². The van der Waals surface area contributed by atoms with Crippen LogP contribution in [0.4, 0.5) is 0 Å². The number of benzene rings is 2. The smallest absolute Gasteiger partial charge is 0.115 e. The molecule has 0 spiro atoms. The van der Waals surface area contributed by atoms with Gasteiger partial charge in [-0.25, -0.2) is 0 Å². The third-order valence-corrected chi connectivity index (χ3v) is 9.21. The predicted octanol–water partition coefficient (Wildman–Crippen LogP) is 7.90. The first kappa shape index (κ1) is 25.9. The van der Waals surface area contributed by atoms with E-state index in [-0.39, 0.29) is 11.0 Å². The molecule has 1 N–H and O–H groups in total. The molecule has 1 aliphatic carbocycles. The van der Waals surface area contributed by atoms with E-state index in [1.807, 2.05) is 36.4 Å². The molecule has 2 aromatic carbocycles. The maximum atomic E-state index is 9.22. The van der Waals surface area contributed by atoms with E-state index >= 15 is 0 Å². The lowest BCUT2D eigenvalue weighted by molar-refractivity contribution is 0.475. The van der Waals surface area contributed by atoms with E-state index < -0.39 is 32.3 Å². The van der Waals surface area contributed by atoms with E-state index in [9.17, 15) is 5.11 Å². The number of phenolic OH excluding ortho intramolecular Hbond substituents is 1. The predicted molar refractivity (Wildman–Crippen MR) is 133 cm³/mol. The molecule has 0 radical (unpaired) electrons. The minimum absolute atomic E-state index is 0.122. The average Bonchev–Trinajstić information content (AvgIpc) is 2.72. The first-order valence-corrected chi connectivity index (χ1v) is 12.2. The highest BCUT2D eigenvalue weighted by molar-refractivity contribution is 7.80. The highest BCUT2D eigenvalue weighted by Gasteiger charge is 2.46. The van der Waals surface area contributed by atoms with Gasteiger partial charge < -0.3 is 5.11 Å². The van der Waals surface area contributed by atoms with Gasteiger partial charge >= 0.3 is 0 Å². The van der Waals surface area contributed by atoms with Crippen molar-refractivity contribution in [1.82, 2.24) is 0 Å². The zero-order valence-corrected chi connectivity index (χ0v) is 21.1. The number of aromatic hydroxyl groups is 1. The lowest BCUT2D eigenvalue weighted by Crippen LogP contribution is -2.52. The SMILES string of the molecule is Cl[C@H]1[C@H](Cl)[C@@H](Cl)[C@@H](Cl)[C@H](Cl)[C@H]1Cl.Oc1ccc(C(S)Cc2ccc(Cl)cc2)cc1. The van der Waals surface area contributed by atoms with Crippen molar-refractivity contribution in [2.45, 2.75) is 43.9 Å². The molecule has 29 heavy (non-hydrogen) atoms. The Morgan fingerprint density at radius 1 is 0.690 bits per heavy atom. The average molecular weight is 556 g/mol.